The number of H-pyrrole nitrogens is 1. The van der Waals surface area contributed by atoms with Gasteiger partial charge in [0.15, 0.2) is 5.75 Å². The maximum absolute atomic E-state index is 11.3. The highest BCUT2D eigenvalue weighted by Gasteiger charge is 2.20. The van der Waals surface area contributed by atoms with E-state index in [2.05, 4.69) is 4.98 Å². The van der Waals surface area contributed by atoms with Crippen molar-refractivity contribution in [2.75, 3.05) is 13.7 Å². The fourth-order valence-corrected chi connectivity index (χ4v) is 1.69. The Morgan fingerprint density at radius 1 is 1.41 bits per heavy atom. The number of carbonyl (C=O) groups excluding carboxylic acids is 2. The number of methoxy groups -OCH3 is 1. The second kappa shape index (κ2) is 5.72. The minimum atomic E-state index is -0.653. The third-order valence-corrected chi connectivity index (χ3v) is 2.51. The van der Waals surface area contributed by atoms with Crippen LogP contribution < -0.4 is 4.74 Å². The first-order chi connectivity index (χ1) is 8.01. The maximum Gasteiger partial charge on any atom is 0.311 e. The Morgan fingerprint density at radius 2 is 2.06 bits per heavy atom. The molecule has 0 aliphatic heterocycles. The van der Waals surface area contributed by atoms with Gasteiger partial charge in [0.2, 0.25) is 0 Å². The Balaban J connectivity index is 3.01. The molecule has 0 saturated carbocycles. The van der Waals surface area contributed by atoms with Crippen molar-refractivity contribution >= 4 is 22.8 Å². The zero-order valence-electron chi connectivity index (χ0n) is 9.93. The number of hydrogen-bond donors (Lipinski definition) is 1. The monoisotopic (exact) mass is 259 g/mol. The predicted octanol–water partition coefficient (Wildman–Crippen LogP) is 1.82. The van der Waals surface area contributed by atoms with E-state index in [-0.39, 0.29) is 18.1 Å². The summed E-state index contributed by atoms with van der Waals surface area (Å²) in [5.41, 5.74) is 1.42. The molecule has 17 heavy (non-hydrogen) atoms. The Labute approximate surface area is 104 Å². The van der Waals surface area contributed by atoms with Crippen molar-refractivity contribution in [1.29, 1.82) is 0 Å². The van der Waals surface area contributed by atoms with Crippen molar-refractivity contribution in [2.45, 2.75) is 20.3 Å². The summed E-state index contributed by atoms with van der Waals surface area (Å²) in [6.07, 6.45) is 0.0558. The third kappa shape index (κ3) is 3.00. The summed E-state index contributed by atoms with van der Waals surface area (Å²) < 4.78 is 9.90. The van der Waals surface area contributed by atoms with E-state index in [1.165, 1.54) is 7.11 Å². The Kier molecular flexibility index (Phi) is 4.57. The normalized spacial score (nSPS) is 10.1. The number of ether oxygens (including phenoxy) is 2. The van der Waals surface area contributed by atoms with Crippen LogP contribution in [0, 0.1) is 6.92 Å². The lowest BCUT2D eigenvalue weighted by atomic mass is 10.2. The van der Waals surface area contributed by atoms with Gasteiger partial charge in [-0.25, -0.2) is 0 Å². The second-order valence-electron chi connectivity index (χ2n) is 3.39. The van der Waals surface area contributed by atoms with E-state index >= 15 is 0 Å². The summed E-state index contributed by atoms with van der Waals surface area (Å²) in [7, 11) is 1.44. The van der Waals surface area contributed by atoms with Crippen LogP contribution in [0.2, 0.25) is 0 Å². The molecule has 94 valence electrons. The van der Waals surface area contributed by atoms with E-state index in [4.69, 9.17) is 21.1 Å². The van der Waals surface area contributed by atoms with Crippen molar-refractivity contribution in [3.05, 3.63) is 17.0 Å². The Hall–Kier alpha value is -1.49. The van der Waals surface area contributed by atoms with Gasteiger partial charge in [0.25, 0.3) is 5.24 Å². The van der Waals surface area contributed by atoms with Gasteiger partial charge in [0, 0.05) is 11.3 Å². The van der Waals surface area contributed by atoms with Crippen molar-refractivity contribution < 1.29 is 19.1 Å². The first-order valence-corrected chi connectivity index (χ1v) is 5.49. The topological polar surface area (TPSA) is 68.4 Å². The van der Waals surface area contributed by atoms with Gasteiger partial charge in [0.05, 0.1) is 20.1 Å². The molecule has 1 rings (SSSR count). The number of aromatic amines is 1. The Bertz CT molecular complexity index is 439. The molecule has 6 heteroatoms. The third-order valence-electron chi connectivity index (χ3n) is 2.32. The lowest BCUT2D eigenvalue weighted by molar-refractivity contribution is -0.142. The van der Waals surface area contributed by atoms with E-state index in [1.807, 2.05) is 0 Å². The van der Waals surface area contributed by atoms with Crippen LogP contribution >= 0.6 is 11.6 Å². The first-order valence-electron chi connectivity index (χ1n) is 5.12. The zero-order chi connectivity index (χ0) is 13.0. The second-order valence-corrected chi connectivity index (χ2v) is 3.74. The van der Waals surface area contributed by atoms with Gasteiger partial charge in [-0.2, -0.15) is 0 Å². The molecular weight excluding hydrogens is 246 g/mol. The smallest absolute Gasteiger partial charge is 0.311 e. The van der Waals surface area contributed by atoms with Gasteiger partial charge >= 0.3 is 5.97 Å². The Morgan fingerprint density at radius 3 is 2.47 bits per heavy atom. The molecule has 0 amide bonds. The van der Waals surface area contributed by atoms with Crippen molar-refractivity contribution in [1.82, 2.24) is 4.98 Å². The molecule has 0 atom stereocenters. The molecule has 1 heterocycles. The van der Waals surface area contributed by atoms with E-state index in [9.17, 15) is 9.59 Å². The van der Waals surface area contributed by atoms with E-state index in [0.29, 0.717) is 23.6 Å². The van der Waals surface area contributed by atoms with Crippen molar-refractivity contribution in [2.24, 2.45) is 0 Å². The first kappa shape index (κ1) is 13.6. The molecule has 0 radical (unpaired) electrons. The van der Waals surface area contributed by atoms with Crippen LogP contribution in [0.4, 0.5) is 0 Å². The summed E-state index contributed by atoms with van der Waals surface area (Å²) in [5, 5.41) is -0.653. The van der Waals surface area contributed by atoms with Crippen LogP contribution in [0.5, 0.6) is 5.75 Å². The highest BCUT2D eigenvalue weighted by atomic mass is 35.5. The molecule has 1 aromatic heterocycles. The molecule has 0 unspecified atom stereocenters. The van der Waals surface area contributed by atoms with Crippen LogP contribution in [0.1, 0.15) is 28.7 Å². The molecule has 1 N–H and O–H groups in total. The van der Waals surface area contributed by atoms with Gasteiger partial charge < -0.3 is 14.5 Å². The number of carbonyl (C=O) groups is 2. The molecule has 0 spiro atoms. The summed E-state index contributed by atoms with van der Waals surface area (Å²) in [6, 6.07) is 0. The predicted molar refractivity (Wildman–Crippen MR) is 62.6 cm³/mol. The summed E-state index contributed by atoms with van der Waals surface area (Å²) in [5.74, 6) is -0.00243. The molecule has 5 nitrogen and oxygen atoms in total. The van der Waals surface area contributed by atoms with Crippen LogP contribution in [-0.4, -0.2) is 29.9 Å². The van der Waals surface area contributed by atoms with Gasteiger partial charge in [-0.3, -0.25) is 9.59 Å². The van der Waals surface area contributed by atoms with Crippen molar-refractivity contribution in [3.8, 4) is 5.75 Å². The summed E-state index contributed by atoms with van der Waals surface area (Å²) >= 11 is 5.40. The van der Waals surface area contributed by atoms with Gasteiger partial charge in [-0.05, 0) is 25.4 Å². The molecular formula is C11H14ClNO4. The largest absolute Gasteiger partial charge is 0.494 e. The highest BCUT2D eigenvalue weighted by molar-refractivity contribution is 6.67. The molecule has 0 bridgehead atoms. The number of hydrogen-bond acceptors (Lipinski definition) is 4. The lowest BCUT2D eigenvalue weighted by Gasteiger charge is -2.01. The van der Waals surface area contributed by atoms with E-state index in [1.54, 1.807) is 13.8 Å². The standard InChI is InChI=1S/C11H14ClNO4/c1-4-17-8(14)5-7-6(2)10(16-3)9(13-7)11(12)15/h13H,4-5H2,1-3H3. The van der Waals surface area contributed by atoms with Crippen molar-refractivity contribution in [3.63, 3.8) is 0 Å². The summed E-state index contributed by atoms with van der Waals surface area (Å²) in [4.78, 5) is 25.3. The molecule has 0 saturated heterocycles. The minimum Gasteiger partial charge on any atom is -0.494 e. The molecule has 0 aliphatic rings. The van der Waals surface area contributed by atoms with Crippen LogP contribution in [0.15, 0.2) is 0 Å². The highest BCUT2D eigenvalue weighted by Crippen LogP contribution is 2.28. The number of esters is 1. The quantitative estimate of drug-likeness (QED) is 0.647. The SMILES string of the molecule is CCOC(=O)Cc1[nH]c(C(=O)Cl)c(OC)c1C. The fourth-order valence-electron chi connectivity index (χ4n) is 1.55. The molecule has 0 aliphatic carbocycles. The summed E-state index contributed by atoms with van der Waals surface area (Å²) in [6.45, 7) is 3.79. The van der Waals surface area contributed by atoms with E-state index in [0.717, 1.165) is 0 Å². The molecule has 0 aromatic carbocycles. The van der Waals surface area contributed by atoms with Gasteiger partial charge in [-0.15, -0.1) is 0 Å². The van der Waals surface area contributed by atoms with Gasteiger partial charge in [0.1, 0.15) is 5.69 Å². The average molecular weight is 260 g/mol. The van der Waals surface area contributed by atoms with Gasteiger partial charge in [-0.1, -0.05) is 0 Å². The fraction of sp³-hybridized carbons (Fsp3) is 0.455. The minimum absolute atomic E-state index is 0.0558. The van der Waals surface area contributed by atoms with Crippen LogP contribution in [0.25, 0.3) is 0 Å². The maximum atomic E-state index is 11.3. The lowest BCUT2D eigenvalue weighted by Crippen LogP contribution is -2.08. The number of halogens is 1. The van der Waals surface area contributed by atoms with Crippen LogP contribution in [-0.2, 0) is 16.0 Å². The van der Waals surface area contributed by atoms with Crippen LogP contribution in [0.3, 0.4) is 0 Å². The number of rotatable bonds is 5. The average Bonchev–Trinajstić information content (AvgIpc) is 2.56. The molecule has 1 aromatic rings. The zero-order valence-corrected chi connectivity index (χ0v) is 10.7. The number of nitrogens with one attached hydrogen (secondary N) is 1. The molecule has 0 fully saturated rings. The van der Waals surface area contributed by atoms with E-state index < -0.39 is 5.24 Å². The number of aromatic nitrogens is 1.